The van der Waals surface area contributed by atoms with Crippen molar-refractivity contribution in [1.82, 2.24) is 0 Å². The van der Waals surface area contributed by atoms with Gasteiger partial charge in [-0.1, -0.05) is 27.7 Å². The summed E-state index contributed by atoms with van der Waals surface area (Å²) in [4.78, 5) is 22.8. The van der Waals surface area contributed by atoms with Crippen LogP contribution < -0.4 is 0 Å². The van der Waals surface area contributed by atoms with Crippen LogP contribution in [0.15, 0.2) is 0 Å². The number of hydrogen-bond acceptors (Lipinski definition) is 4. The van der Waals surface area contributed by atoms with Crippen LogP contribution >= 0.6 is 0 Å². The van der Waals surface area contributed by atoms with Gasteiger partial charge in [0.2, 0.25) is 0 Å². The molecule has 0 spiro atoms. The summed E-state index contributed by atoms with van der Waals surface area (Å²) in [5.41, 5.74) is -0.642. The van der Waals surface area contributed by atoms with Crippen LogP contribution in [0.4, 0.5) is 0 Å². The van der Waals surface area contributed by atoms with Crippen LogP contribution in [-0.4, -0.2) is 24.1 Å². The van der Waals surface area contributed by atoms with Gasteiger partial charge in [0.25, 0.3) is 0 Å². The summed E-state index contributed by atoms with van der Waals surface area (Å²) < 4.78 is 10.0. The first kappa shape index (κ1) is 15.9. The second kappa shape index (κ2) is 6.03. The number of carbonyl (C=O) groups is 2. The minimum Gasteiger partial charge on any atom is -0.457 e. The fourth-order valence-electron chi connectivity index (χ4n) is 1.03. The Kier molecular flexibility index (Phi) is 5.66. The molecule has 0 heterocycles. The van der Waals surface area contributed by atoms with Gasteiger partial charge in [0.05, 0.1) is 6.42 Å². The van der Waals surface area contributed by atoms with Crippen molar-refractivity contribution in [2.45, 2.75) is 60.0 Å². The molecule has 0 N–H and O–H groups in total. The Labute approximate surface area is 104 Å². The zero-order valence-electron chi connectivity index (χ0n) is 11.8. The molecule has 0 aromatic carbocycles. The number of ether oxygens (including phenoxy) is 2. The van der Waals surface area contributed by atoms with Crippen LogP contribution in [0.5, 0.6) is 0 Å². The first-order valence-corrected chi connectivity index (χ1v) is 5.93. The molecule has 100 valence electrons. The summed E-state index contributed by atoms with van der Waals surface area (Å²) in [5, 5.41) is 0. The van der Waals surface area contributed by atoms with Crippen molar-refractivity contribution in [3.63, 3.8) is 0 Å². The first-order valence-electron chi connectivity index (χ1n) is 5.93. The highest BCUT2D eigenvalue weighted by Crippen LogP contribution is 2.19. The summed E-state index contributed by atoms with van der Waals surface area (Å²) in [6.07, 6.45) is 1.01. The minimum absolute atomic E-state index is 0.135. The van der Waals surface area contributed by atoms with E-state index in [9.17, 15) is 9.59 Å². The molecule has 4 nitrogen and oxygen atoms in total. The van der Waals surface area contributed by atoms with Gasteiger partial charge in [0.1, 0.15) is 5.60 Å². The summed E-state index contributed by atoms with van der Waals surface area (Å²) in [7, 11) is 0. The fourth-order valence-corrected chi connectivity index (χ4v) is 1.03. The van der Waals surface area contributed by atoms with E-state index in [1.165, 1.54) is 0 Å². The zero-order chi connectivity index (χ0) is 13.7. The molecule has 0 saturated carbocycles. The molecule has 0 saturated heterocycles. The van der Waals surface area contributed by atoms with Gasteiger partial charge in [0, 0.05) is 0 Å². The summed E-state index contributed by atoms with van der Waals surface area (Å²) in [6, 6.07) is 0. The van der Waals surface area contributed by atoms with Crippen LogP contribution in [0, 0.1) is 5.41 Å². The second-order valence-electron chi connectivity index (χ2n) is 5.99. The van der Waals surface area contributed by atoms with Gasteiger partial charge in [0.15, 0.2) is 6.61 Å². The molecule has 0 rings (SSSR count). The van der Waals surface area contributed by atoms with Gasteiger partial charge < -0.3 is 9.47 Å². The van der Waals surface area contributed by atoms with Gasteiger partial charge in [-0.25, -0.2) is 4.79 Å². The molecule has 0 aliphatic heterocycles. The molecular weight excluding hydrogens is 220 g/mol. The van der Waals surface area contributed by atoms with Gasteiger partial charge >= 0.3 is 11.9 Å². The van der Waals surface area contributed by atoms with E-state index < -0.39 is 11.6 Å². The van der Waals surface area contributed by atoms with Gasteiger partial charge in [-0.05, 0) is 25.7 Å². The van der Waals surface area contributed by atoms with Crippen molar-refractivity contribution in [2.75, 3.05) is 6.61 Å². The maximum absolute atomic E-state index is 11.4. The van der Waals surface area contributed by atoms with Gasteiger partial charge in [-0.3, -0.25) is 4.79 Å². The van der Waals surface area contributed by atoms with E-state index >= 15 is 0 Å². The van der Waals surface area contributed by atoms with E-state index in [0.29, 0.717) is 6.42 Å². The first-order chi connectivity index (χ1) is 7.56. The highest BCUT2D eigenvalue weighted by molar-refractivity contribution is 5.76. The molecule has 0 atom stereocenters. The molecular formula is C13H24O4. The van der Waals surface area contributed by atoms with Crippen LogP contribution in [0.25, 0.3) is 0 Å². The van der Waals surface area contributed by atoms with Crippen molar-refractivity contribution >= 4 is 11.9 Å². The van der Waals surface area contributed by atoms with Crippen molar-refractivity contribution in [3.8, 4) is 0 Å². The van der Waals surface area contributed by atoms with Crippen LogP contribution in [0.1, 0.15) is 54.4 Å². The third-order valence-electron chi connectivity index (χ3n) is 2.27. The topological polar surface area (TPSA) is 52.6 Å². The molecule has 0 aliphatic carbocycles. The predicted octanol–water partition coefficient (Wildman–Crippen LogP) is 2.70. The molecule has 4 heteroatoms. The van der Waals surface area contributed by atoms with E-state index in [4.69, 9.17) is 9.47 Å². The second-order valence-corrected chi connectivity index (χ2v) is 5.99. The molecule has 0 bridgehead atoms. The lowest BCUT2D eigenvalue weighted by Gasteiger charge is -2.23. The van der Waals surface area contributed by atoms with Gasteiger partial charge in [-0.2, -0.15) is 0 Å². The fraction of sp³-hybridized carbons (Fsp3) is 0.846. The average Bonchev–Trinajstić information content (AvgIpc) is 2.11. The predicted molar refractivity (Wildman–Crippen MR) is 65.5 cm³/mol. The Balaban J connectivity index is 3.97. The van der Waals surface area contributed by atoms with E-state index in [1.807, 2.05) is 41.5 Å². The van der Waals surface area contributed by atoms with Crippen molar-refractivity contribution in [1.29, 1.82) is 0 Å². The SMILES string of the molecule is CCC(C)(C)OC(=O)COC(=O)CC(C)(C)C. The molecule has 0 aromatic heterocycles. The quantitative estimate of drug-likeness (QED) is 0.698. The number of rotatable bonds is 5. The Morgan fingerprint density at radius 1 is 1.00 bits per heavy atom. The molecule has 0 amide bonds. The van der Waals surface area contributed by atoms with Crippen LogP contribution in [0.3, 0.4) is 0 Å². The monoisotopic (exact) mass is 244 g/mol. The maximum atomic E-state index is 11.4. The van der Waals surface area contributed by atoms with Crippen LogP contribution in [-0.2, 0) is 19.1 Å². The summed E-state index contributed by atoms with van der Waals surface area (Å²) in [5.74, 6) is -0.872. The Morgan fingerprint density at radius 3 is 1.94 bits per heavy atom. The molecule has 17 heavy (non-hydrogen) atoms. The Bertz CT molecular complexity index is 274. The van der Waals surface area contributed by atoms with Gasteiger partial charge in [-0.15, -0.1) is 0 Å². The van der Waals surface area contributed by atoms with E-state index in [-0.39, 0.29) is 24.4 Å². The standard InChI is InChI=1S/C13H24O4/c1-7-13(5,6)17-11(15)9-16-10(14)8-12(2,3)4/h7-9H2,1-6H3. The normalized spacial score (nSPS) is 12.1. The summed E-state index contributed by atoms with van der Waals surface area (Å²) in [6.45, 7) is 11.1. The smallest absolute Gasteiger partial charge is 0.344 e. The molecule has 0 unspecified atom stereocenters. The van der Waals surface area contributed by atoms with Crippen molar-refractivity contribution < 1.29 is 19.1 Å². The molecule has 0 aromatic rings. The van der Waals surface area contributed by atoms with E-state index in [0.717, 1.165) is 0 Å². The van der Waals surface area contributed by atoms with Crippen molar-refractivity contribution in [3.05, 3.63) is 0 Å². The highest BCUT2D eigenvalue weighted by atomic mass is 16.6. The summed E-state index contributed by atoms with van der Waals surface area (Å²) >= 11 is 0. The third kappa shape index (κ3) is 8.72. The largest absolute Gasteiger partial charge is 0.457 e. The van der Waals surface area contributed by atoms with E-state index in [2.05, 4.69) is 0 Å². The maximum Gasteiger partial charge on any atom is 0.344 e. The highest BCUT2D eigenvalue weighted by Gasteiger charge is 2.22. The lowest BCUT2D eigenvalue weighted by molar-refractivity contribution is -0.168. The molecule has 0 fully saturated rings. The Hall–Kier alpha value is -1.06. The minimum atomic E-state index is -0.506. The number of esters is 2. The lowest BCUT2D eigenvalue weighted by Crippen LogP contribution is -2.30. The van der Waals surface area contributed by atoms with Crippen molar-refractivity contribution in [2.24, 2.45) is 5.41 Å². The Morgan fingerprint density at radius 2 is 1.53 bits per heavy atom. The lowest BCUT2D eigenvalue weighted by atomic mass is 9.93. The average molecular weight is 244 g/mol. The third-order valence-corrected chi connectivity index (χ3v) is 2.27. The number of carbonyl (C=O) groups excluding carboxylic acids is 2. The van der Waals surface area contributed by atoms with Crippen LogP contribution in [0.2, 0.25) is 0 Å². The molecule has 0 aliphatic rings. The zero-order valence-corrected chi connectivity index (χ0v) is 11.8. The number of hydrogen-bond donors (Lipinski definition) is 0. The van der Waals surface area contributed by atoms with E-state index in [1.54, 1.807) is 0 Å². The molecule has 0 radical (unpaired) electrons.